The molecular formula is C94H131F4N25O23. The Labute approximate surface area is 840 Å². The average molecular weight is 2060 g/mol. The molecule has 0 radical (unpaired) electrons. The number of nitrogens with zero attached hydrogens (tertiary/aromatic N) is 17. The third-order valence-corrected chi connectivity index (χ3v) is 24.6. The number of rotatable bonds is 59. The lowest BCUT2D eigenvalue weighted by Crippen LogP contribution is -2.52. The third-order valence-electron chi connectivity index (χ3n) is 24.6. The molecule has 0 aliphatic carbocycles. The van der Waals surface area contributed by atoms with Gasteiger partial charge in [-0.3, -0.25) is 102 Å². The summed E-state index contributed by atoms with van der Waals surface area (Å²) < 4.78 is 90.9. The van der Waals surface area contributed by atoms with Gasteiger partial charge in [0.05, 0.1) is 161 Å². The number of hydrogen-bond acceptors (Lipinski definition) is 35. The summed E-state index contributed by atoms with van der Waals surface area (Å²) in [4.78, 5) is 203. The van der Waals surface area contributed by atoms with Crippen molar-refractivity contribution >= 4 is 117 Å². The first-order valence-electron chi connectivity index (χ1n) is 48.9. The van der Waals surface area contributed by atoms with Crippen LogP contribution in [-0.2, 0) is 71.7 Å². The highest BCUT2D eigenvalue weighted by Crippen LogP contribution is 2.34. The Kier molecular flexibility index (Phi) is 47.1. The lowest BCUT2D eigenvalue weighted by Gasteiger charge is -2.35. The summed E-state index contributed by atoms with van der Waals surface area (Å²) in [6.45, 7) is 4.91. The van der Waals surface area contributed by atoms with E-state index in [2.05, 4.69) is 67.5 Å². The van der Waals surface area contributed by atoms with Gasteiger partial charge in [-0.1, -0.05) is 37.1 Å². The zero-order valence-electron chi connectivity index (χ0n) is 81.6. The number of carbonyl (C=O) groups excluding carboxylic acids is 9. The summed E-state index contributed by atoms with van der Waals surface area (Å²) in [5.41, 5.74) is 1.07. The summed E-state index contributed by atoms with van der Waals surface area (Å²) in [6, 6.07) is 12.5. The minimum absolute atomic E-state index is 0.0771. The zero-order valence-corrected chi connectivity index (χ0v) is 81.6. The van der Waals surface area contributed by atoms with E-state index in [1.807, 2.05) is 9.80 Å². The number of nitriles is 2. The van der Waals surface area contributed by atoms with Gasteiger partial charge in [-0.25, -0.2) is 17.6 Å². The van der Waals surface area contributed by atoms with E-state index in [1.54, 1.807) is 77.9 Å². The lowest BCUT2D eigenvalue weighted by molar-refractivity contribution is -0.145. The maximum Gasteiger partial charge on any atom is 0.320 e. The fraction of sp³-hybridized carbons (Fsp3) is 0.617. The smallest absolute Gasteiger partial charge is 0.320 e. The predicted molar refractivity (Wildman–Crippen MR) is 516 cm³/mol. The Morgan fingerprint density at radius 3 is 1.16 bits per heavy atom. The van der Waals surface area contributed by atoms with E-state index in [0.717, 1.165) is 22.6 Å². The van der Waals surface area contributed by atoms with E-state index in [0.29, 0.717) is 151 Å². The van der Waals surface area contributed by atoms with Gasteiger partial charge < -0.3 is 111 Å². The molecule has 12 N–H and O–H groups in total. The molecule has 0 spiro atoms. The van der Waals surface area contributed by atoms with Gasteiger partial charge in [-0.05, 0) is 56.4 Å². The second-order valence-corrected chi connectivity index (χ2v) is 35.5. The fourth-order valence-corrected chi connectivity index (χ4v) is 16.9. The summed E-state index contributed by atoms with van der Waals surface area (Å²) in [5, 5.41) is 81.8. The largest absolute Gasteiger partial charge is 0.491 e. The molecule has 798 valence electrons. The van der Waals surface area contributed by atoms with E-state index in [4.69, 9.17) is 28.4 Å². The Morgan fingerprint density at radius 2 is 0.760 bits per heavy atom. The highest BCUT2D eigenvalue weighted by molar-refractivity contribution is 6.09. The van der Waals surface area contributed by atoms with Crippen LogP contribution in [0.2, 0.25) is 0 Å². The van der Waals surface area contributed by atoms with Crippen LogP contribution in [0.5, 0.6) is 11.5 Å². The normalized spacial score (nSPS) is 17.4. The quantitative estimate of drug-likeness (QED) is 0.0178. The van der Waals surface area contributed by atoms with Gasteiger partial charge in [0, 0.05) is 186 Å². The Bertz CT molecular complexity index is 4990. The highest BCUT2D eigenvalue weighted by Gasteiger charge is 2.49. The van der Waals surface area contributed by atoms with Crippen molar-refractivity contribution in [2.45, 2.75) is 107 Å². The molecule has 52 heteroatoms. The number of unbranched alkanes of at least 4 members (excludes halogenated alkanes) is 3. The summed E-state index contributed by atoms with van der Waals surface area (Å²) >= 11 is 0. The molecule has 5 saturated heterocycles. The SMILES string of the molecule is N#C[C@@H]1CC(F)(F)CN1C(=O)CNC(=O)c1ccnc2c(OCCCNC(=O)CN3CCN(C(=O)CCOCCOCCNc4nc(NCCCCCCNC(=O)CCC(C(=O)O)N5CCN(CC(=O)O)CCN(CC(=O)O)CCN(CC(=O)O)CC5)nc(NCCOCCOCCC(=O)N5CCN(CC(=O)NCCCOc6cccc7c(C(=O)NCC(=O)N8CC(F)(F)C[C@H]8C#N)ccnc67)CC5)n4)CC3)cccc12. The van der Waals surface area contributed by atoms with Crippen molar-refractivity contribution in [2.24, 2.45) is 0 Å². The number of alkyl halides is 4. The van der Waals surface area contributed by atoms with E-state index in [1.165, 1.54) is 24.5 Å². The Morgan fingerprint density at radius 1 is 0.397 bits per heavy atom. The molecule has 5 fully saturated rings. The van der Waals surface area contributed by atoms with Crippen LogP contribution in [0.25, 0.3) is 21.8 Å². The standard InChI is InChI=1S/C94H131F4N25O23/c95-93(96)53-66(55-99)122(64-93)80(129)57-109-87(137)70-15-23-104-85-68(70)9-5-11-73(85)145-43-7-21-102-76(125)59-114-33-39-120(40-34-114)78(127)17-45-141-49-51-143-47-25-107-91-111-90(106-20-4-2-1-3-19-101-75(124)14-13-72(89(139)140)119-37-31-117(62-83(133)134)29-27-116(61-82(131)132)28-30-118(32-38-119)63-84(135)136)112-92(113-91)108-26-48-144-52-50-142-46-18-79(128)121-41-35-115(36-42-121)60-77(126)103-22-8-44-146-74-12-6-10-69-71(16-24-105-86(69)74)88(138)110-58-81(130)123-65-94(97,98)54-67(123)56-100/h5-6,9-12,15-16,23-24,66-67,72H,1-4,7-8,13-14,17-22,25-54,57-65H2,(H,101,124)(H,102,125)(H,103,126)(H,109,137)(H,110,138)(H,131,132)(H,133,134)(H,135,136)(H,139,140)(H3,106,107,108,111,112,113)/t66-,67-,72?/m0/s1. The summed E-state index contributed by atoms with van der Waals surface area (Å²) in [6.07, 6.45) is 4.98. The van der Waals surface area contributed by atoms with Gasteiger partial charge in [0.25, 0.3) is 23.7 Å². The monoisotopic (exact) mass is 2050 g/mol. The van der Waals surface area contributed by atoms with Crippen molar-refractivity contribution in [3.63, 3.8) is 0 Å². The molecular weight excluding hydrogens is 1920 g/mol. The maximum absolute atomic E-state index is 13.9. The van der Waals surface area contributed by atoms with Crippen LogP contribution in [-0.4, -0.2) is 470 Å². The van der Waals surface area contributed by atoms with Gasteiger partial charge >= 0.3 is 23.9 Å². The molecule has 8 heterocycles. The van der Waals surface area contributed by atoms with E-state index < -0.39 is 116 Å². The second kappa shape index (κ2) is 59.9. The minimum Gasteiger partial charge on any atom is -0.491 e. The number of aliphatic carboxylic acids is 4. The van der Waals surface area contributed by atoms with Crippen LogP contribution >= 0.6 is 0 Å². The summed E-state index contributed by atoms with van der Waals surface area (Å²) in [7, 11) is 0. The van der Waals surface area contributed by atoms with Crippen LogP contribution in [0, 0.1) is 22.7 Å². The van der Waals surface area contributed by atoms with E-state index in [-0.39, 0.29) is 235 Å². The number of ether oxygens (including phenoxy) is 6. The van der Waals surface area contributed by atoms with Gasteiger partial charge in [0.15, 0.2) is 0 Å². The number of amides is 9. The predicted octanol–water partition coefficient (Wildman–Crippen LogP) is -0.126. The molecule has 2 aromatic carbocycles. The van der Waals surface area contributed by atoms with Crippen molar-refractivity contribution in [3.8, 4) is 23.6 Å². The van der Waals surface area contributed by atoms with Crippen molar-refractivity contribution in [3.05, 3.63) is 72.1 Å². The summed E-state index contributed by atoms with van der Waals surface area (Å²) in [5.74, 6) is -13.3. The molecule has 146 heavy (non-hydrogen) atoms. The number of benzene rings is 2. The number of pyridine rings is 2. The molecule has 5 aliphatic rings. The van der Waals surface area contributed by atoms with Crippen LogP contribution in [0.4, 0.5) is 35.4 Å². The van der Waals surface area contributed by atoms with Crippen LogP contribution in [0.15, 0.2) is 60.9 Å². The first-order chi connectivity index (χ1) is 70.3. The first-order valence-corrected chi connectivity index (χ1v) is 48.9. The molecule has 48 nitrogen and oxygen atoms in total. The minimum atomic E-state index is -3.20. The number of halogens is 4. The topological polar surface area (TPSA) is 599 Å². The van der Waals surface area contributed by atoms with Crippen molar-refractivity contribution in [1.29, 1.82) is 10.5 Å². The lowest BCUT2D eigenvalue weighted by atomic mass is 10.1. The second-order valence-electron chi connectivity index (χ2n) is 35.5. The highest BCUT2D eigenvalue weighted by atomic mass is 19.3. The molecule has 10 rings (SSSR count). The molecule has 5 aromatic rings. The number of carbonyl (C=O) groups is 13. The van der Waals surface area contributed by atoms with Crippen molar-refractivity contribution in [1.82, 2.24) is 101 Å². The average Bonchev–Trinajstić information content (AvgIpc) is 1.12. The molecule has 5 aliphatic heterocycles. The van der Waals surface area contributed by atoms with Crippen molar-refractivity contribution < 1.29 is 129 Å². The van der Waals surface area contributed by atoms with E-state index >= 15 is 0 Å². The number of piperazine rings is 2. The molecule has 3 aromatic heterocycles. The number of nitrogens with one attached hydrogen (secondary N) is 8. The molecule has 9 amide bonds. The molecule has 0 bridgehead atoms. The van der Waals surface area contributed by atoms with E-state index in [9.17, 15) is 111 Å². The Balaban J connectivity index is 0.590. The third kappa shape index (κ3) is 39.2. The van der Waals surface area contributed by atoms with Gasteiger partial charge in [0.2, 0.25) is 59.2 Å². The number of likely N-dealkylation sites (tertiary alicyclic amines) is 2. The number of hydrogen-bond donors (Lipinski definition) is 12. The van der Waals surface area contributed by atoms with Gasteiger partial charge in [0.1, 0.15) is 40.7 Å². The number of para-hydroxylation sites is 2. The number of anilines is 3. The maximum atomic E-state index is 13.9. The number of fused-ring (bicyclic) bond motifs is 2. The van der Waals surface area contributed by atoms with Crippen LogP contribution in [0.3, 0.4) is 0 Å². The molecule has 3 atom stereocenters. The van der Waals surface area contributed by atoms with Gasteiger partial charge in [-0.15, -0.1) is 0 Å². The number of carboxylic acid groups (broad SMARTS) is 4. The number of aromatic nitrogens is 5. The Hall–Kier alpha value is -13.3. The molecule has 0 saturated carbocycles. The van der Waals surface area contributed by atoms with Gasteiger partial charge in [-0.2, -0.15) is 25.5 Å². The van der Waals surface area contributed by atoms with Crippen molar-refractivity contribution in [2.75, 3.05) is 285 Å². The fourth-order valence-electron chi connectivity index (χ4n) is 16.9. The number of carboxylic acids is 4. The first kappa shape index (κ1) is 115. The zero-order chi connectivity index (χ0) is 105. The van der Waals surface area contributed by atoms with Crippen LogP contribution < -0.4 is 52.0 Å². The molecule has 1 unspecified atom stereocenters. The van der Waals surface area contributed by atoms with Crippen LogP contribution in [0.1, 0.15) is 97.8 Å².